The Bertz CT molecular complexity index is 759. The second-order valence-corrected chi connectivity index (χ2v) is 4.83. The zero-order chi connectivity index (χ0) is 15.9. The van der Waals surface area contributed by atoms with Gasteiger partial charge < -0.3 is 10.1 Å². The summed E-state index contributed by atoms with van der Waals surface area (Å²) in [5.74, 6) is 0.718. The fourth-order valence-electron chi connectivity index (χ4n) is 1.96. The normalized spacial score (nSPS) is 10.1. The number of amides is 1. The highest BCUT2D eigenvalue weighted by Crippen LogP contribution is 2.11. The highest BCUT2D eigenvalue weighted by Gasteiger charge is 2.07. The number of benzene rings is 1. The Morgan fingerprint density at radius 3 is 2.48 bits per heavy atom. The van der Waals surface area contributed by atoms with Gasteiger partial charge in [0.05, 0.1) is 5.56 Å². The molecule has 1 aromatic carbocycles. The minimum atomic E-state index is -0.259. The molecular formula is C18H15N3O2. The van der Waals surface area contributed by atoms with E-state index in [1.807, 2.05) is 30.3 Å². The summed E-state index contributed by atoms with van der Waals surface area (Å²) in [5, 5.41) is 2.70. The van der Waals surface area contributed by atoms with E-state index in [0.29, 0.717) is 23.9 Å². The van der Waals surface area contributed by atoms with Crippen LogP contribution in [0, 0.1) is 0 Å². The Kier molecular flexibility index (Phi) is 4.59. The van der Waals surface area contributed by atoms with Crippen molar-refractivity contribution in [2.75, 3.05) is 5.32 Å². The summed E-state index contributed by atoms with van der Waals surface area (Å²) in [7, 11) is 0. The Morgan fingerprint density at radius 1 is 0.957 bits per heavy atom. The molecule has 0 saturated heterocycles. The molecule has 0 aliphatic rings. The predicted molar refractivity (Wildman–Crippen MR) is 87.2 cm³/mol. The SMILES string of the molecule is O=C(Nc1ccccn1)c1ccc(OCc2ccccc2)nc1. The molecule has 0 radical (unpaired) electrons. The van der Waals surface area contributed by atoms with E-state index in [2.05, 4.69) is 15.3 Å². The second kappa shape index (κ2) is 7.17. The van der Waals surface area contributed by atoms with Gasteiger partial charge in [-0.25, -0.2) is 9.97 Å². The van der Waals surface area contributed by atoms with Crippen LogP contribution in [0.4, 0.5) is 5.82 Å². The van der Waals surface area contributed by atoms with Gasteiger partial charge in [0, 0.05) is 18.5 Å². The zero-order valence-electron chi connectivity index (χ0n) is 12.3. The van der Waals surface area contributed by atoms with Crippen LogP contribution in [-0.2, 0) is 6.61 Å². The molecule has 23 heavy (non-hydrogen) atoms. The molecule has 0 fully saturated rings. The molecule has 0 saturated carbocycles. The van der Waals surface area contributed by atoms with E-state index in [-0.39, 0.29) is 5.91 Å². The second-order valence-electron chi connectivity index (χ2n) is 4.83. The average molecular weight is 305 g/mol. The van der Waals surface area contributed by atoms with E-state index in [9.17, 15) is 4.79 Å². The van der Waals surface area contributed by atoms with Crippen molar-refractivity contribution in [1.29, 1.82) is 0 Å². The van der Waals surface area contributed by atoms with Crippen molar-refractivity contribution in [3.05, 3.63) is 84.2 Å². The van der Waals surface area contributed by atoms with Gasteiger partial charge >= 0.3 is 0 Å². The summed E-state index contributed by atoms with van der Waals surface area (Å²) >= 11 is 0. The summed E-state index contributed by atoms with van der Waals surface area (Å²) in [6.45, 7) is 0.438. The van der Waals surface area contributed by atoms with Crippen molar-refractivity contribution in [2.45, 2.75) is 6.61 Å². The number of carbonyl (C=O) groups is 1. The number of rotatable bonds is 5. The van der Waals surface area contributed by atoms with Crippen LogP contribution in [0.5, 0.6) is 5.88 Å². The first-order chi connectivity index (χ1) is 11.3. The number of nitrogens with zero attached hydrogens (tertiary/aromatic N) is 2. The van der Waals surface area contributed by atoms with Gasteiger partial charge in [-0.15, -0.1) is 0 Å². The third-order valence-corrected chi connectivity index (χ3v) is 3.13. The molecule has 3 rings (SSSR count). The molecule has 0 aliphatic carbocycles. The van der Waals surface area contributed by atoms with Crippen LogP contribution in [0.3, 0.4) is 0 Å². The Morgan fingerprint density at radius 2 is 1.78 bits per heavy atom. The van der Waals surface area contributed by atoms with Gasteiger partial charge in [-0.05, 0) is 23.8 Å². The molecule has 0 atom stereocenters. The third kappa shape index (κ3) is 4.14. The van der Waals surface area contributed by atoms with Crippen molar-refractivity contribution in [1.82, 2.24) is 9.97 Å². The van der Waals surface area contributed by atoms with Gasteiger partial charge in [0.25, 0.3) is 5.91 Å². The summed E-state index contributed by atoms with van der Waals surface area (Å²) in [4.78, 5) is 20.3. The minimum Gasteiger partial charge on any atom is -0.473 e. The lowest BCUT2D eigenvalue weighted by molar-refractivity contribution is 0.102. The number of hydrogen-bond donors (Lipinski definition) is 1. The number of hydrogen-bond acceptors (Lipinski definition) is 4. The van der Waals surface area contributed by atoms with Crippen molar-refractivity contribution < 1.29 is 9.53 Å². The maximum absolute atomic E-state index is 12.1. The molecule has 0 aliphatic heterocycles. The summed E-state index contributed by atoms with van der Waals surface area (Å²) in [6, 6.07) is 18.5. The first-order valence-corrected chi connectivity index (χ1v) is 7.16. The smallest absolute Gasteiger partial charge is 0.258 e. The van der Waals surface area contributed by atoms with Gasteiger partial charge in [0.2, 0.25) is 5.88 Å². The monoisotopic (exact) mass is 305 g/mol. The molecule has 114 valence electrons. The fourth-order valence-corrected chi connectivity index (χ4v) is 1.96. The fraction of sp³-hybridized carbons (Fsp3) is 0.0556. The largest absolute Gasteiger partial charge is 0.473 e. The number of carbonyl (C=O) groups excluding carboxylic acids is 1. The maximum Gasteiger partial charge on any atom is 0.258 e. The lowest BCUT2D eigenvalue weighted by Crippen LogP contribution is -2.13. The van der Waals surface area contributed by atoms with Gasteiger partial charge in [-0.3, -0.25) is 4.79 Å². The predicted octanol–water partition coefficient (Wildman–Crippen LogP) is 3.31. The van der Waals surface area contributed by atoms with Crippen molar-refractivity contribution in [3.63, 3.8) is 0 Å². The van der Waals surface area contributed by atoms with Crippen LogP contribution in [0.25, 0.3) is 0 Å². The Hall–Kier alpha value is -3.21. The maximum atomic E-state index is 12.1. The molecule has 1 N–H and O–H groups in total. The number of ether oxygens (including phenoxy) is 1. The van der Waals surface area contributed by atoms with E-state index in [1.165, 1.54) is 6.20 Å². The molecule has 1 amide bonds. The first kappa shape index (κ1) is 14.7. The molecular weight excluding hydrogens is 290 g/mol. The van der Waals surface area contributed by atoms with Crippen LogP contribution in [0.15, 0.2) is 73.1 Å². The molecule has 2 heterocycles. The minimum absolute atomic E-state index is 0.259. The van der Waals surface area contributed by atoms with Crippen molar-refractivity contribution >= 4 is 11.7 Å². The summed E-state index contributed by atoms with van der Waals surface area (Å²) < 4.78 is 5.59. The van der Waals surface area contributed by atoms with Crippen molar-refractivity contribution in [2.24, 2.45) is 0 Å². The van der Waals surface area contributed by atoms with Gasteiger partial charge in [0.15, 0.2) is 0 Å². The van der Waals surface area contributed by atoms with Gasteiger partial charge in [0.1, 0.15) is 12.4 Å². The van der Waals surface area contributed by atoms with E-state index in [0.717, 1.165) is 5.56 Å². The van der Waals surface area contributed by atoms with Gasteiger partial charge in [-0.2, -0.15) is 0 Å². The van der Waals surface area contributed by atoms with E-state index in [4.69, 9.17) is 4.74 Å². The van der Waals surface area contributed by atoms with E-state index in [1.54, 1.807) is 36.5 Å². The number of aromatic nitrogens is 2. The summed E-state index contributed by atoms with van der Waals surface area (Å²) in [6.07, 6.45) is 3.10. The molecule has 3 aromatic rings. The average Bonchev–Trinajstić information content (AvgIpc) is 2.62. The highest BCUT2D eigenvalue weighted by molar-refractivity contribution is 6.03. The topological polar surface area (TPSA) is 64.1 Å². The molecule has 0 bridgehead atoms. The van der Waals surface area contributed by atoms with Crippen LogP contribution in [0.2, 0.25) is 0 Å². The molecule has 2 aromatic heterocycles. The van der Waals surface area contributed by atoms with E-state index >= 15 is 0 Å². The van der Waals surface area contributed by atoms with Crippen LogP contribution >= 0.6 is 0 Å². The molecule has 5 nitrogen and oxygen atoms in total. The first-order valence-electron chi connectivity index (χ1n) is 7.16. The number of nitrogens with one attached hydrogen (secondary N) is 1. The zero-order valence-corrected chi connectivity index (χ0v) is 12.3. The Balaban J connectivity index is 1.59. The molecule has 0 unspecified atom stereocenters. The van der Waals surface area contributed by atoms with Crippen LogP contribution < -0.4 is 10.1 Å². The van der Waals surface area contributed by atoms with Crippen LogP contribution in [0.1, 0.15) is 15.9 Å². The number of pyridine rings is 2. The summed E-state index contributed by atoms with van der Waals surface area (Å²) in [5.41, 5.74) is 1.51. The third-order valence-electron chi connectivity index (χ3n) is 3.13. The van der Waals surface area contributed by atoms with E-state index < -0.39 is 0 Å². The van der Waals surface area contributed by atoms with Crippen LogP contribution in [-0.4, -0.2) is 15.9 Å². The lowest BCUT2D eigenvalue weighted by Gasteiger charge is -2.07. The Labute approximate surface area is 134 Å². The molecule has 5 heteroatoms. The standard InChI is InChI=1S/C18H15N3O2/c22-18(21-16-8-4-5-11-19-16)15-9-10-17(20-12-15)23-13-14-6-2-1-3-7-14/h1-12H,13H2,(H,19,21,22). The van der Waals surface area contributed by atoms with Crippen molar-refractivity contribution in [3.8, 4) is 5.88 Å². The lowest BCUT2D eigenvalue weighted by atomic mass is 10.2. The highest BCUT2D eigenvalue weighted by atomic mass is 16.5. The number of anilines is 1. The molecule has 0 spiro atoms. The van der Waals surface area contributed by atoms with Gasteiger partial charge in [-0.1, -0.05) is 36.4 Å². The quantitative estimate of drug-likeness (QED) is 0.785.